The van der Waals surface area contributed by atoms with Crippen LogP contribution in [0.15, 0.2) is 71.6 Å². The number of aryl methyl sites for hydroxylation is 1. The molecule has 0 aliphatic rings. The lowest BCUT2D eigenvalue weighted by atomic mass is 9.93. The normalized spacial score (nSPS) is 11.4. The predicted octanol–water partition coefficient (Wildman–Crippen LogP) is 5.13. The van der Waals surface area contributed by atoms with Crippen LogP contribution in [0.4, 0.5) is 11.4 Å². The van der Waals surface area contributed by atoms with E-state index in [4.69, 9.17) is 0 Å². The summed E-state index contributed by atoms with van der Waals surface area (Å²) in [6.07, 6.45) is 0.108. The van der Waals surface area contributed by atoms with Crippen molar-refractivity contribution in [1.82, 2.24) is 0 Å². The van der Waals surface area contributed by atoms with Crippen LogP contribution in [-0.2, 0) is 25.8 Å². The van der Waals surface area contributed by atoms with E-state index in [9.17, 15) is 23.3 Å². The van der Waals surface area contributed by atoms with Gasteiger partial charge in [-0.3, -0.25) is 9.59 Å². The van der Waals surface area contributed by atoms with Gasteiger partial charge in [-0.25, -0.2) is 8.42 Å². The molecule has 0 aliphatic carbocycles. The lowest BCUT2D eigenvalue weighted by Gasteiger charge is -2.18. The van der Waals surface area contributed by atoms with E-state index in [1.807, 2.05) is 43.3 Å². The molecule has 0 unspecified atom stereocenters. The molecule has 2 N–H and O–H groups in total. The summed E-state index contributed by atoms with van der Waals surface area (Å²) in [7, 11) is -3.28. The van der Waals surface area contributed by atoms with Gasteiger partial charge in [0, 0.05) is 16.9 Å². The van der Waals surface area contributed by atoms with Crippen LogP contribution in [0.3, 0.4) is 0 Å². The highest BCUT2D eigenvalue weighted by Crippen LogP contribution is 2.33. The molecule has 3 aromatic carbocycles. The Morgan fingerprint density at radius 3 is 2.22 bits per heavy atom. The molecule has 3 rings (SSSR count). The van der Waals surface area contributed by atoms with Crippen LogP contribution in [0.2, 0.25) is 0 Å². The van der Waals surface area contributed by atoms with Gasteiger partial charge >= 0.3 is 0 Å². The summed E-state index contributed by atoms with van der Waals surface area (Å²) < 4.78 is 23.9. The number of benzene rings is 3. The average Bonchev–Trinajstić information content (AvgIpc) is 2.85. The Morgan fingerprint density at radius 1 is 0.944 bits per heavy atom. The van der Waals surface area contributed by atoms with Crippen LogP contribution in [0.5, 0.6) is 0 Å². The minimum Gasteiger partial charge on any atom is -0.326 e. The summed E-state index contributed by atoms with van der Waals surface area (Å²) in [5.41, 5.74) is 3.34. The second kappa shape index (κ2) is 10.8. The number of anilines is 2. The first-order valence-electron chi connectivity index (χ1n) is 11.5. The third-order valence-electron chi connectivity index (χ3n) is 5.85. The molecule has 0 saturated carbocycles. The Labute approximate surface area is 212 Å². The van der Waals surface area contributed by atoms with E-state index in [2.05, 4.69) is 10.6 Å². The van der Waals surface area contributed by atoms with Crippen molar-refractivity contribution in [2.75, 3.05) is 16.4 Å². The number of nitrogens with zero attached hydrogens (tertiary/aromatic N) is 1. The van der Waals surface area contributed by atoms with Crippen LogP contribution in [0.25, 0.3) is 11.1 Å². The topological polar surface area (TPSA) is 116 Å². The van der Waals surface area contributed by atoms with Gasteiger partial charge in [0.2, 0.25) is 11.8 Å². The Hall–Kier alpha value is -3.96. The summed E-state index contributed by atoms with van der Waals surface area (Å²) in [5, 5.41) is 15.0. The number of hydrogen-bond acceptors (Lipinski definition) is 5. The molecule has 7 nitrogen and oxygen atoms in total. The molecule has 0 radical (unpaired) electrons. The van der Waals surface area contributed by atoms with Gasteiger partial charge < -0.3 is 10.6 Å². The first-order valence-corrected chi connectivity index (χ1v) is 13.2. The SMILES string of the molecule is CCS(=O)(=O)c1ccc(CC(=O)Nc2ccc(-c3ccccc3NC(=O)C(C)(C)C#N)c(C)c2)cc1. The molecule has 0 atom stereocenters. The van der Waals surface area contributed by atoms with Crippen molar-refractivity contribution < 1.29 is 18.0 Å². The molecule has 36 heavy (non-hydrogen) atoms. The zero-order valence-electron chi connectivity index (χ0n) is 20.8. The second-order valence-corrected chi connectivity index (χ2v) is 11.3. The third-order valence-corrected chi connectivity index (χ3v) is 7.60. The zero-order valence-corrected chi connectivity index (χ0v) is 21.6. The number of carbonyl (C=O) groups excluding carboxylic acids is 2. The molecule has 186 valence electrons. The van der Waals surface area contributed by atoms with Crippen molar-refractivity contribution in [2.45, 2.75) is 39.0 Å². The van der Waals surface area contributed by atoms with Crippen LogP contribution in [0, 0.1) is 23.7 Å². The summed E-state index contributed by atoms with van der Waals surface area (Å²) in [6, 6.07) is 21.2. The summed E-state index contributed by atoms with van der Waals surface area (Å²) in [4.78, 5) is 25.4. The van der Waals surface area contributed by atoms with Gasteiger partial charge in [-0.05, 0) is 67.8 Å². The van der Waals surface area contributed by atoms with E-state index >= 15 is 0 Å². The Balaban J connectivity index is 1.75. The number of carbonyl (C=O) groups is 2. The number of nitrogens with one attached hydrogen (secondary N) is 2. The summed E-state index contributed by atoms with van der Waals surface area (Å²) in [5.74, 6) is -0.587. The molecule has 8 heteroatoms. The fraction of sp³-hybridized carbons (Fsp3) is 0.250. The highest BCUT2D eigenvalue weighted by molar-refractivity contribution is 7.91. The quantitative estimate of drug-likeness (QED) is 0.442. The maximum absolute atomic E-state index is 12.6. The van der Waals surface area contributed by atoms with Crippen molar-refractivity contribution in [2.24, 2.45) is 5.41 Å². The number of para-hydroxylation sites is 1. The van der Waals surface area contributed by atoms with Crippen LogP contribution in [-0.4, -0.2) is 26.0 Å². The Morgan fingerprint density at radius 2 is 1.61 bits per heavy atom. The number of sulfone groups is 1. The van der Waals surface area contributed by atoms with Crippen molar-refractivity contribution >= 4 is 33.0 Å². The molecule has 3 aromatic rings. The first-order chi connectivity index (χ1) is 17.0. The van der Waals surface area contributed by atoms with Gasteiger partial charge in [0.15, 0.2) is 9.84 Å². The van der Waals surface area contributed by atoms with Crippen molar-refractivity contribution in [3.8, 4) is 17.2 Å². The Bertz CT molecular complexity index is 1440. The molecule has 0 fully saturated rings. The molecule has 0 saturated heterocycles. The van der Waals surface area contributed by atoms with E-state index < -0.39 is 15.3 Å². The molecule has 0 aliphatic heterocycles. The number of nitriles is 1. The van der Waals surface area contributed by atoms with Gasteiger partial charge in [0.1, 0.15) is 5.41 Å². The van der Waals surface area contributed by atoms with Gasteiger partial charge in [-0.1, -0.05) is 43.3 Å². The fourth-order valence-corrected chi connectivity index (χ4v) is 4.46. The van der Waals surface area contributed by atoms with E-state index in [-0.39, 0.29) is 28.9 Å². The van der Waals surface area contributed by atoms with Crippen LogP contribution in [0.1, 0.15) is 31.9 Å². The lowest BCUT2D eigenvalue weighted by Crippen LogP contribution is -2.29. The molecule has 0 bridgehead atoms. The van der Waals surface area contributed by atoms with Crippen molar-refractivity contribution in [1.29, 1.82) is 5.26 Å². The van der Waals surface area contributed by atoms with Crippen LogP contribution < -0.4 is 10.6 Å². The fourth-order valence-electron chi connectivity index (χ4n) is 3.57. The molecular weight excluding hydrogens is 474 g/mol. The van der Waals surface area contributed by atoms with E-state index in [0.717, 1.165) is 16.7 Å². The average molecular weight is 504 g/mol. The number of hydrogen-bond donors (Lipinski definition) is 2. The number of amides is 2. The van der Waals surface area contributed by atoms with Crippen LogP contribution >= 0.6 is 0 Å². The van der Waals surface area contributed by atoms with Crippen molar-refractivity contribution in [3.63, 3.8) is 0 Å². The monoisotopic (exact) mass is 503 g/mol. The highest BCUT2D eigenvalue weighted by Gasteiger charge is 2.28. The molecule has 0 heterocycles. The largest absolute Gasteiger partial charge is 0.326 e. The molecule has 2 amide bonds. The summed E-state index contributed by atoms with van der Waals surface area (Å²) in [6.45, 7) is 6.63. The minimum atomic E-state index is -3.28. The maximum Gasteiger partial charge on any atom is 0.244 e. The number of rotatable bonds is 8. The van der Waals surface area contributed by atoms with Gasteiger partial charge in [0.25, 0.3) is 0 Å². The third kappa shape index (κ3) is 6.18. The van der Waals surface area contributed by atoms with Gasteiger partial charge in [-0.15, -0.1) is 0 Å². The smallest absolute Gasteiger partial charge is 0.244 e. The van der Waals surface area contributed by atoms with Crippen molar-refractivity contribution in [3.05, 3.63) is 77.9 Å². The van der Waals surface area contributed by atoms with Gasteiger partial charge in [-0.2, -0.15) is 5.26 Å². The molecule has 0 spiro atoms. The second-order valence-electron chi connectivity index (χ2n) is 9.04. The standard InChI is InChI=1S/C28H29N3O4S/c1-5-36(34,35)22-13-10-20(11-14-22)17-26(32)30-21-12-15-23(19(2)16-21)24-8-6-7-9-25(24)31-27(33)28(3,4)18-29/h6-16H,5,17H2,1-4H3,(H,30,32)(H,31,33). The van der Waals surface area contributed by atoms with Gasteiger partial charge in [0.05, 0.1) is 23.1 Å². The molecule has 0 aromatic heterocycles. The highest BCUT2D eigenvalue weighted by atomic mass is 32.2. The van der Waals surface area contributed by atoms with E-state index in [1.165, 1.54) is 12.1 Å². The molecular formula is C28H29N3O4S. The maximum atomic E-state index is 12.6. The predicted molar refractivity (Wildman–Crippen MR) is 141 cm³/mol. The first kappa shape index (κ1) is 26.6. The zero-order chi connectivity index (χ0) is 26.5. The Kier molecular flexibility index (Phi) is 7.96. The van der Waals surface area contributed by atoms with E-state index in [0.29, 0.717) is 16.9 Å². The minimum absolute atomic E-state index is 0.0247. The van der Waals surface area contributed by atoms with E-state index in [1.54, 1.807) is 45.0 Å². The lowest BCUT2D eigenvalue weighted by molar-refractivity contribution is -0.121. The summed E-state index contributed by atoms with van der Waals surface area (Å²) >= 11 is 0.